The van der Waals surface area contributed by atoms with Crippen LogP contribution in [0.1, 0.15) is 44.8 Å². The normalized spacial score (nSPS) is 25.8. The van der Waals surface area contributed by atoms with E-state index in [1.165, 1.54) is 6.42 Å². The average Bonchev–Trinajstić information content (AvgIpc) is 2.80. The van der Waals surface area contributed by atoms with Gasteiger partial charge in [0.15, 0.2) is 5.82 Å². The van der Waals surface area contributed by atoms with Gasteiger partial charge in [0, 0.05) is 12.5 Å². The minimum Gasteiger partial charge on any atom is -0.339 e. The van der Waals surface area contributed by atoms with E-state index in [0.717, 1.165) is 43.8 Å². The van der Waals surface area contributed by atoms with Crippen LogP contribution in [-0.2, 0) is 6.54 Å². The number of aromatic nitrogens is 2. The number of rotatable bonds is 4. The second-order valence-corrected chi connectivity index (χ2v) is 5.70. The van der Waals surface area contributed by atoms with E-state index < -0.39 is 0 Å². The van der Waals surface area contributed by atoms with Crippen molar-refractivity contribution in [3.05, 3.63) is 11.7 Å². The fourth-order valence-corrected chi connectivity index (χ4v) is 2.44. The van der Waals surface area contributed by atoms with E-state index in [-0.39, 0.29) is 0 Å². The summed E-state index contributed by atoms with van der Waals surface area (Å²) < 4.78 is 5.23. The molecule has 1 aromatic heterocycles. The molecule has 0 saturated carbocycles. The number of nitrogens with zero attached hydrogens (tertiary/aromatic N) is 3. The quantitative estimate of drug-likeness (QED) is 0.881. The van der Waals surface area contributed by atoms with Crippen LogP contribution in [0.2, 0.25) is 0 Å². The van der Waals surface area contributed by atoms with Crippen LogP contribution in [0.5, 0.6) is 0 Å². The highest BCUT2D eigenvalue weighted by atomic mass is 16.5. The van der Waals surface area contributed by atoms with E-state index in [9.17, 15) is 0 Å². The molecular formula is C13H24N4O. The van der Waals surface area contributed by atoms with Crippen molar-refractivity contribution < 1.29 is 4.52 Å². The Morgan fingerprint density at radius 2 is 2.28 bits per heavy atom. The number of piperidine rings is 1. The third kappa shape index (κ3) is 3.09. The van der Waals surface area contributed by atoms with Crippen LogP contribution in [-0.4, -0.2) is 34.7 Å². The molecule has 1 fully saturated rings. The zero-order chi connectivity index (χ0) is 13.1. The fraction of sp³-hybridized carbons (Fsp3) is 0.846. The summed E-state index contributed by atoms with van der Waals surface area (Å²) in [7, 11) is 0. The minimum absolute atomic E-state index is 0.296. The number of hydrogen-bond acceptors (Lipinski definition) is 5. The molecule has 2 N–H and O–H groups in total. The topological polar surface area (TPSA) is 68.2 Å². The van der Waals surface area contributed by atoms with Gasteiger partial charge in [0.2, 0.25) is 5.89 Å². The summed E-state index contributed by atoms with van der Waals surface area (Å²) in [4.78, 5) is 6.80. The molecule has 2 heterocycles. The number of likely N-dealkylation sites (tertiary alicyclic amines) is 1. The van der Waals surface area contributed by atoms with Gasteiger partial charge in [-0.2, -0.15) is 4.98 Å². The van der Waals surface area contributed by atoms with Gasteiger partial charge in [-0.15, -0.1) is 0 Å². The summed E-state index contributed by atoms with van der Waals surface area (Å²) in [6.07, 6.45) is 1.21. The third-order valence-electron chi connectivity index (χ3n) is 3.84. The molecule has 2 rings (SSSR count). The Balaban J connectivity index is 1.92. The first-order chi connectivity index (χ1) is 8.60. The highest BCUT2D eigenvalue weighted by molar-refractivity contribution is 4.91. The Bertz CT molecular complexity index is 377. The predicted molar refractivity (Wildman–Crippen MR) is 70.0 cm³/mol. The van der Waals surface area contributed by atoms with E-state index in [0.29, 0.717) is 11.8 Å². The lowest BCUT2D eigenvalue weighted by molar-refractivity contribution is 0.122. The van der Waals surface area contributed by atoms with Crippen molar-refractivity contribution in [2.75, 3.05) is 19.6 Å². The van der Waals surface area contributed by atoms with Gasteiger partial charge in [-0.05, 0) is 31.3 Å². The third-order valence-corrected chi connectivity index (χ3v) is 3.84. The van der Waals surface area contributed by atoms with Crippen molar-refractivity contribution >= 4 is 0 Å². The number of hydrogen-bond donors (Lipinski definition) is 1. The summed E-state index contributed by atoms with van der Waals surface area (Å²) in [6, 6.07) is 0. The van der Waals surface area contributed by atoms with Gasteiger partial charge in [0.1, 0.15) is 0 Å². The summed E-state index contributed by atoms with van der Waals surface area (Å²) in [5, 5.41) is 4.04. The van der Waals surface area contributed by atoms with Crippen molar-refractivity contribution in [1.29, 1.82) is 0 Å². The lowest BCUT2D eigenvalue weighted by Gasteiger charge is -2.35. The molecule has 5 nitrogen and oxygen atoms in total. The first-order valence-corrected chi connectivity index (χ1v) is 6.85. The van der Waals surface area contributed by atoms with Gasteiger partial charge in [-0.25, -0.2) is 0 Å². The lowest BCUT2D eigenvalue weighted by Crippen LogP contribution is -2.42. The maximum Gasteiger partial charge on any atom is 0.229 e. The van der Waals surface area contributed by atoms with Crippen molar-refractivity contribution in [3.63, 3.8) is 0 Å². The molecular weight excluding hydrogens is 228 g/mol. The Morgan fingerprint density at radius 3 is 2.89 bits per heavy atom. The van der Waals surface area contributed by atoms with Crippen molar-refractivity contribution in [2.24, 2.45) is 17.6 Å². The van der Waals surface area contributed by atoms with Crippen LogP contribution in [0, 0.1) is 11.8 Å². The van der Waals surface area contributed by atoms with Gasteiger partial charge in [-0.1, -0.05) is 25.9 Å². The van der Waals surface area contributed by atoms with E-state index in [4.69, 9.17) is 10.3 Å². The van der Waals surface area contributed by atoms with Crippen molar-refractivity contribution in [2.45, 2.75) is 39.7 Å². The van der Waals surface area contributed by atoms with Crippen LogP contribution >= 0.6 is 0 Å². The van der Waals surface area contributed by atoms with E-state index in [1.54, 1.807) is 0 Å². The molecule has 18 heavy (non-hydrogen) atoms. The molecule has 102 valence electrons. The van der Waals surface area contributed by atoms with Crippen LogP contribution in [0.3, 0.4) is 0 Å². The van der Waals surface area contributed by atoms with E-state index >= 15 is 0 Å². The second kappa shape index (κ2) is 5.80. The molecule has 0 amide bonds. The van der Waals surface area contributed by atoms with Crippen LogP contribution in [0.4, 0.5) is 0 Å². The summed E-state index contributed by atoms with van der Waals surface area (Å²) in [5.74, 6) is 3.14. The standard InChI is InChI=1S/C13H24N4O/c1-9(2)13-15-12(16-18-13)8-17-5-4-10(3)11(6-14)7-17/h9-11H,4-8,14H2,1-3H3. The second-order valence-electron chi connectivity index (χ2n) is 5.70. The zero-order valence-electron chi connectivity index (χ0n) is 11.6. The zero-order valence-corrected chi connectivity index (χ0v) is 11.6. The minimum atomic E-state index is 0.296. The Labute approximate surface area is 109 Å². The molecule has 1 saturated heterocycles. The highest BCUT2D eigenvalue weighted by Crippen LogP contribution is 2.23. The summed E-state index contributed by atoms with van der Waals surface area (Å²) in [5.41, 5.74) is 5.82. The SMILES string of the molecule is CC(C)c1nc(CN2CCC(C)C(CN)C2)no1. The van der Waals surface area contributed by atoms with Crippen LogP contribution < -0.4 is 5.73 Å². The van der Waals surface area contributed by atoms with Gasteiger partial charge < -0.3 is 10.3 Å². The van der Waals surface area contributed by atoms with Gasteiger partial charge in [0.05, 0.1) is 6.54 Å². The van der Waals surface area contributed by atoms with Crippen molar-refractivity contribution in [3.8, 4) is 0 Å². The first-order valence-electron chi connectivity index (χ1n) is 6.85. The largest absolute Gasteiger partial charge is 0.339 e. The summed E-state index contributed by atoms with van der Waals surface area (Å²) >= 11 is 0. The predicted octanol–water partition coefficient (Wildman–Crippen LogP) is 1.61. The van der Waals surface area contributed by atoms with Gasteiger partial charge >= 0.3 is 0 Å². The number of nitrogens with two attached hydrogens (primary N) is 1. The molecule has 2 unspecified atom stereocenters. The Morgan fingerprint density at radius 1 is 1.50 bits per heavy atom. The maximum atomic E-state index is 5.82. The molecule has 0 radical (unpaired) electrons. The molecule has 1 aromatic rings. The lowest BCUT2D eigenvalue weighted by atomic mass is 9.87. The van der Waals surface area contributed by atoms with Crippen molar-refractivity contribution in [1.82, 2.24) is 15.0 Å². The van der Waals surface area contributed by atoms with E-state index in [1.807, 2.05) is 0 Å². The molecule has 1 aliphatic heterocycles. The molecule has 2 atom stereocenters. The molecule has 5 heteroatoms. The Kier molecular flexibility index (Phi) is 4.35. The molecule has 1 aliphatic rings. The fourth-order valence-electron chi connectivity index (χ4n) is 2.44. The molecule has 0 bridgehead atoms. The summed E-state index contributed by atoms with van der Waals surface area (Å²) in [6.45, 7) is 10.1. The molecule has 0 aromatic carbocycles. The van der Waals surface area contributed by atoms with Gasteiger partial charge in [0.25, 0.3) is 0 Å². The first kappa shape index (κ1) is 13.5. The monoisotopic (exact) mass is 252 g/mol. The van der Waals surface area contributed by atoms with Gasteiger partial charge in [-0.3, -0.25) is 4.90 Å². The molecule has 0 spiro atoms. The van der Waals surface area contributed by atoms with Crippen LogP contribution in [0.25, 0.3) is 0 Å². The average molecular weight is 252 g/mol. The highest BCUT2D eigenvalue weighted by Gasteiger charge is 2.26. The van der Waals surface area contributed by atoms with E-state index in [2.05, 4.69) is 35.8 Å². The van der Waals surface area contributed by atoms with Crippen LogP contribution in [0.15, 0.2) is 4.52 Å². The smallest absolute Gasteiger partial charge is 0.229 e. The maximum absolute atomic E-state index is 5.82. The molecule has 0 aliphatic carbocycles. The Hall–Kier alpha value is -0.940.